The summed E-state index contributed by atoms with van der Waals surface area (Å²) in [6.45, 7) is 4.01. The van der Waals surface area contributed by atoms with Crippen LogP contribution >= 0.6 is 23.2 Å². The monoisotopic (exact) mass is 363 g/mol. The van der Waals surface area contributed by atoms with Gasteiger partial charge in [-0.3, -0.25) is 4.57 Å². The highest BCUT2D eigenvalue weighted by atomic mass is 35.5. The molecule has 0 amide bonds. The van der Waals surface area contributed by atoms with Crippen LogP contribution in [0.25, 0.3) is 5.95 Å². The predicted molar refractivity (Wildman–Crippen MR) is 95.5 cm³/mol. The van der Waals surface area contributed by atoms with Crippen LogP contribution in [0.3, 0.4) is 0 Å². The molecule has 2 N–H and O–H groups in total. The summed E-state index contributed by atoms with van der Waals surface area (Å²) in [5.41, 5.74) is 0.686. The van der Waals surface area contributed by atoms with Crippen molar-refractivity contribution in [2.45, 2.75) is 19.9 Å². The first kappa shape index (κ1) is 16.5. The van der Waals surface area contributed by atoms with E-state index in [2.05, 4.69) is 30.6 Å². The maximum Gasteiger partial charge on any atom is 0.241 e. The van der Waals surface area contributed by atoms with Gasteiger partial charge in [-0.15, -0.1) is 0 Å². The summed E-state index contributed by atoms with van der Waals surface area (Å²) in [6, 6.07) is 5.31. The Kier molecular flexibility index (Phi) is 4.82. The van der Waals surface area contributed by atoms with E-state index in [1.54, 1.807) is 41.5 Å². The van der Waals surface area contributed by atoms with E-state index in [0.29, 0.717) is 33.6 Å². The molecule has 0 saturated carbocycles. The highest BCUT2D eigenvalue weighted by Gasteiger charge is 2.10. The van der Waals surface area contributed by atoms with Gasteiger partial charge in [-0.2, -0.15) is 15.0 Å². The van der Waals surface area contributed by atoms with E-state index in [4.69, 9.17) is 23.2 Å². The van der Waals surface area contributed by atoms with Gasteiger partial charge in [-0.25, -0.2) is 4.98 Å². The number of halogens is 2. The fourth-order valence-corrected chi connectivity index (χ4v) is 2.52. The van der Waals surface area contributed by atoms with Gasteiger partial charge in [-0.1, -0.05) is 23.2 Å². The summed E-state index contributed by atoms with van der Waals surface area (Å²) in [5, 5.41) is 7.31. The van der Waals surface area contributed by atoms with Crippen LogP contribution in [0.15, 0.2) is 36.9 Å². The second kappa shape index (κ2) is 7.02. The van der Waals surface area contributed by atoms with Gasteiger partial charge in [0.1, 0.15) is 6.33 Å². The lowest BCUT2D eigenvalue weighted by Gasteiger charge is -2.12. The number of nitrogens with one attached hydrogen (secondary N) is 2. The van der Waals surface area contributed by atoms with Crippen molar-refractivity contribution >= 4 is 40.8 Å². The van der Waals surface area contributed by atoms with Gasteiger partial charge in [0.15, 0.2) is 0 Å². The Balaban J connectivity index is 1.98. The van der Waals surface area contributed by atoms with Crippen LogP contribution in [0, 0.1) is 0 Å². The van der Waals surface area contributed by atoms with E-state index in [-0.39, 0.29) is 6.04 Å². The van der Waals surface area contributed by atoms with Crippen molar-refractivity contribution in [2.75, 3.05) is 10.6 Å². The van der Waals surface area contributed by atoms with Gasteiger partial charge in [0.2, 0.25) is 17.8 Å². The molecule has 1 aromatic carbocycles. The zero-order valence-electron chi connectivity index (χ0n) is 13.0. The molecule has 124 valence electrons. The van der Waals surface area contributed by atoms with E-state index >= 15 is 0 Å². The minimum Gasteiger partial charge on any atom is -0.352 e. The highest BCUT2D eigenvalue weighted by molar-refractivity contribution is 6.35. The summed E-state index contributed by atoms with van der Waals surface area (Å²) in [7, 11) is 0. The smallest absolute Gasteiger partial charge is 0.241 e. The second-order valence-corrected chi connectivity index (χ2v) is 6.21. The molecule has 3 aromatic rings. The van der Waals surface area contributed by atoms with Crippen molar-refractivity contribution in [3.05, 3.63) is 47.0 Å². The number of nitrogens with zero attached hydrogens (tertiary/aromatic N) is 5. The van der Waals surface area contributed by atoms with Gasteiger partial charge in [0.25, 0.3) is 0 Å². The van der Waals surface area contributed by atoms with E-state index in [9.17, 15) is 0 Å². The van der Waals surface area contributed by atoms with Gasteiger partial charge in [0.05, 0.1) is 0 Å². The van der Waals surface area contributed by atoms with Gasteiger partial charge in [0, 0.05) is 34.2 Å². The molecule has 7 nitrogen and oxygen atoms in total. The SMILES string of the molecule is CC(C)Nc1nc(Nc2cc(Cl)cc(Cl)c2)nc(-n2ccnc2)n1. The molecule has 0 spiro atoms. The zero-order valence-corrected chi connectivity index (χ0v) is 14.5. The Bertz CT molecular complexity index is 814. The van der Waals surface area contributed by atoms with Gasteiger partial charge in [-0.05, 0) is 32.0 Å². The molecule has 24 heavy (non-hydrogen) atoms. The van der Waals surface area contributed by atoms with Crippen molar-refractivity contribution in [1.29, 1.82) is 0 Å². The normalized spacial score (nSPS) is 10.9. The fraction of sp³-hybridized carbons (Fsp3) is 0.200. The lowest BCUT2D eigenvalue weighted by atomic mass is 10.3. The van der Waals surface area contributed by atoms with Crippen molar-refractivity contribution < 1.29 is 0 Å². The van der Waals surface area contributed by atoms with E-state index in [0.717, 1.165) is 0 Å². The Hall–Kier alpha value is -2.38. The third-order valence-corrected chi connectivity index (χ3v) is 3.33. The molecule has 0 radical (unpaired) electrons. The van der Waals surface area contributed by atoms with Crippen molar-refractivity contribution in [3.63, 3.8) is 0 Å². The first-order valence-corrected chi connectivity index (χ1v) is 7.99. The molecular weight excluding hydrogens is 349 g/mol. The Morgan fingerprint density at radius 1 is 1.00 bits per heavy atom. The molecule has 3 rings (SSSR count). The first-order chi connectivity index (χ1) is 11.5. The summed E-state index contributed by atoms with van der Waals surface area (Å²) >= 11 is 12.1. The van der Waals surface area contributed by atoms with Crippen molar-refractivity contribution in [1.82, 2.24) is 24.5 Å². The number of benzene rings is 1. The summed E-state index contributed by atoms with van der Waals surface area (Å²) in [6.07, 6.45) is 5.03. The lowest BCUT2D eigenvalue weighted by Crippen LogP contribution is -2.15. The topological polar surface area (TPSA) is 80.5 Å². The highest BCUT2D eigenvalue weighted by Crippen LogP contribution is 2.24. The Morgan fingerprint density at radius 3 is 2.33 bits per heavy atom. The molecule has 0 fully saturated rings. The first-order valence-electron chi connectivity index (χ1n) is 7.23. The molecule has 9 heteroatoms. The number of anilines is 3. The summed E-state index contributed by atoms with van der Waals surface area (Å²) in [4.78, 5) is 17.2. The third-order valence-electron chi connectivity index (χ3n) is 2.90. The van der Waals surface area contributed by atoms with Crippen molar-refractivity contribution in [2.24, 2.45) is 0 Å². The van der Waals surface area contributed by atoms with Gasteiger partial charge >= 0.3 is 0 Å². The van der Waals surface area contributed by atoms with Crippen LogP contribution in [0.1, 0.15) is 13.8 Å². The van der Waals surface area contributed by atoms with E-state index < -0.39 is 0 Å². The molecule has 0 aliphatic heterocycles. The average Bonchev–Trinajstić information content (AvgIpc) is 2.99. The number of imidazole rings is 1. The maximum absolute atomic E-state index is 6.03. The number of hydrogen-bond acceptors (Lipinski definition) is 6. The largest absolute Gasteiger partial charge is 0.352 e. The molecule has 2 aromatic heterocycles. The maximum atomic E-state index is 6.03. The van der Waals surface area contributed by atoms with Gasteiger partial charge < -0.3 is 10.6 Å². The minimum absolute atomic E-state index is 0.177. The number of rotatable bonds is 5. The average molecular weight is 364 g/mol. The van der Waals surface area contributed by atoms with Crippen LogP contribution in [0.2, 0.25) is 10.0 Å². The minimum atomic E-state index is 0.177. The molecule has 2 heterocycles. The van der Waals surface area contributed by atoms with Crippen LogP contribution in [-0.2, 0) is 0 Å². The zero-order chi connectivity index (χ0) is 17.1. The van der Waals surface area contributed by atoms with Crippen LogP contribution in [0.5, 0.6) is 0 Å². The summed E-state index contributed by atoms with van der Waals surface area (Å²) in [5.74, 6) is 1.27. The molecule has 0 aliphatic carbocycles. The van der Waals surface area contributed by atoms with Crippen molar-refractivity contribution in [3.8, 4) is 5.95 Å². The third kappa shape index (κ3) is 4.12. The quantitative estimate of drug-likeness (QED) is 0.714. The number of aromatic nitrogens is 5. The van der Waals surface area contributed by atoms with Crippen LogP contribution in [0.4, 0.5) is 17.6 Å². The molecule has 0 bridgehead atoms. The number of hydrogen-bond donors (Lipinski definition) is 2. The molecule has 0 saturated heterocycles. The predicted octanol–water partition coefficient (Wildman–Crippen LogP) is 3.93. The van der Waals surface area contributed by atoms with E-state index in [1.165, 1.54) is 0 Å². The molecule has 0 unspecified atom stereocenters. The standard InChI is InChI=1S/C15H15Cl2N7/c1-9(2)19-13-21-14(20-12-6-10(16)5-11(17)7-12)23-15(22-13)24-4-3-18-8-24/h3-9H,1-2H3,(H2,19,20,21,22,23). The fourth-order valence-electron chi connectivity index (χ4n) is 1.99. The molecular formula is C15H15Cl2N7. The van der Waals surface area contributed by atoms with Crippen LogP contribution in [-0.4, -0.2) is 30.5 Å². The Morgan fingerprint density at radius 2 is 1.71 bits per heavy atom. The molecule has 0 atom stereocenters. The molecule has 0 aliphatic rings. The Labute approximate surface area is 149 Å². The van der Waals surface area contributed by atoms with E-state index in [1.807, 2.05) is 13.8 Å². The summed E-state index contributed by atoms with van der Waals surface area (Å²) < 4.78 is 1.70. The lowest BCUT2D eigenvalue weighted by molar-refractivity contribution is 0.845. The second-order valence-electron chi connectivity index (χ2n) is 5.33. The van der Waals surface area contributed by atoms with Crippen LogP contribution < -0.4 is 10.6 Å².